The molecular weight excluding hydrogens is 769 g/mol. The van der Waals surface area contributed by atoms with Gasteiger partial charge < -0.3 is 18.9 Å². The lowest BCUT2D eigenvalue weighted by molar-refractivity contribution is -0.0181. The first kappa shape index (κ1) is 46.9. The van der Waals surface area contributed by atoms with Crippen molar-refractivity contribution in [2.45, 2.75) is 144 Å². The summed E-state index contributed by atoms with van der Waals surface area (Å²) in [6.07, 6.45) is 16.1. The van der Waals surface area contributed by atoms with Gasteiger partial charge in [0.25, 0.3) is 0 Å². The van der Waals surface area contributed by atoms with Crippen LogP contribution in [0, 0.1) is 35.5 Å². The Balaban J connectivity index is 0.787. The molecule has 0 saturated heterocycles. The minimum atomic E-state index is -0.212. The van der Waals surface area contributed by atoms with Gasteiger partial charge in [-0.3, -0.25) is 0 Å². The molecule has 4 aromatic carbocycles. The van der Waals surface area contributed by atoms with Gasteiger partial charge in [0.15, 0.2) is 0 Å². The number of rotatable bonds is 21. The van der Waals surface area contributed by atoms with Crippen LogP contribution in [0.2, 0.25) is 0 Å². The number of carbonyl (C=O) groups excluding carboxylic acids is 2. The topological polar surface area (TPSA) is 71.1 Å². The molecule has 0 amide bonds. The van der Waals surface area contributed by atoms with Gasteiger partial charge in [0.1, 0.15) is 23.7 Å². The minimum Gasteiger partial charge on any atom is -0.494 e. The lowest BCUT2D eigenvalue weighted by atomic mass is 9.75. The van der Waals surface area contributed by atoms with Crippen molar-refractivity contribution in [3.8, 4) is 33.8 Å². The molecule has 62 heavy (non-hydrogen) atoms. The Hall–Kier alpha value is -4.58. The molecule has 2 aliphatic carbocycles. The second-order valence-corrected chi connectivity index (χ2v) is 19.3. The van der Waals surface area contributed by atoms with E-state index in [-0.39, 0.29) is 24.1 Å². The van der Waals surface area contributed by atoms with E-state index < -0.39 is 0 Å². The Kier molecular flexibility index (Phi) is 18.0. The number of carbonyl (C=O) groups is 2. The standard InChI is InChI=1S/C56H74O6/c1-39(2)51-33-15-41(5)37-53(51)61-55(57)47-21-17-43(18-22-47)45-25-29-49(30-26-45)59-35-13-11-9-7-8-10-12-14-36-60-50-31-27-46(28-32-50)44-19-23-48(24-20-44)56(58)62-54-38-42(6)16-34-52(54)40(3)4/h17-32,39-42,51-54H,7-16,33-38H2,1-6H3/t41-,42-,51+,52+,53?,54?/m0/s1. The molecule has 334 valence electrons. The van der Waals surface area contributed by atoms with Gasteiger partial charge in [0.05, 0.1) is 24.3 Å². The van der Waals surface area contributed by atoms with Crippen molar-refractivity contribution < 1.29 is 28.5 Å². The maximum atomic E-state index is 13.0. The van der Waals surface area contributed by atoms with Gasteiger partial charge in [-0.25, -0.2) is 9.59 Å². The van der Waals surface area contributed by atoms with Gasteiger partial charge in [-0.2, -0.15) is 0 Å². The van der Waals surface area contributed by atoms with Crippen LogP contribution in [-0.4, -0.2) is 37.4 Å². The van der Waals surface area contributed by atoms with Gasteiger partial charge in [-0.05, 0) is 145 Å². The number of unbranched alkanes of at least 4 members (excludes halogenated alkanes) is 7. The van der Waals surface area contributed by atoms with Crippen LogP contribution in [0.1, 0.15) is 152 Å². The number of hydrogen-bond donors (Lipinski definition) is 0. The third-order valence-electron chi connectivity index (χ3n) is 13.6. The zero-order chi connectivity index (χ0) is 43.8. The first-order valence-electron chi connectivity index (χ1n) is 24.1. The summed E-state index contributed by atoms with van der Waals surface area (Å²) in [7, 11) is 0. The maximum absolute atomic E-state index is 13.0. The van der Waals surface area contributed by atoms with Crippen LogP contribution in [0.15, 0.2) is 97.1 Å². The highest BCUT2D eigenvalue weighted by Gasteiger charge is 2.35. The molecule has 0 aliphatic heterocycles. The molecule has 2 unspecified atom stereocenters. The van der Waals surface area contributed by atoms with E-state index in [0.717, 1.165) is 85.5 Å². The lowest BCUT2D eigenvalue weighted by Crippen LogP contribution is -2.35. The van der Waals surface area contributed by atoms with Crippen molar-refractivity contribution in [2.24, 2.45) is 35.5 Å². The van der Waals surface area contributed by atoms with E-state index >= 15 is 0 Å². The zero-order valence-electron chi connectivity index (χ0n) is 38.6. The van der Waals surface area contributed by atoms with Crippen molar-refractivity contribution in [1.82, 2.24) is 0 Å². The van der Waals surface area contributed by atoms with Crippen LogP contribution in [0.25, 0.3) is 22.3 Å². The minimum absolute atomic E-state index is 0.00569. The summed E-state index contributed by atoms with van der Waals surface area (Å²) in [5.41, 5.74) is 5.57. The van der Waals surface area contributed by atoms with Gasteiger partial charge in [0.2, 0.25) is 0 Å². The van der Waals surface area contributed by atoms with Crippen LogP contribution in [0.4, 0.5) is 0 Å². The largest absolute Gasteiger partial charge is 0.494 e. The van der Waals surface area contributed by atoms with Crippen LogP contribution >= 0.6 is 0 Å². The summed E-state index contributed by atoms with van der Waals surface area (Å²) >= 11 is 0. The highest BCUT2D eigenvalue weighted by Crippen LogP contribution is 2.37. The summed E-state index contributed by atoms with van der Waals surface area (Å²) < 4.78 is 24.2. The molecule has 6 rings (SSSR count). The average molecular weight is 843 g/mol. The van der Waals surface area contributed by atoms with Crippen LogP contribution in [-0.2, 0) is 9.47 Å². The summed E-state index contributed by atoms with van der Waals surface area (Å²) in [6.45, 7) is 14.9. The van der Waals surface area contributed by atoms with Crippen molar-refractivity contribution in [3.05, 3.63) is 108 Å². The van der Waals surface area contributed by atoms with Gasteiger partial charge in [-0.15, -0.1) is 0 Å². The molecule has 6 nitrogen and oxygen atoms in total. The summed E-state index contributed by atoms with van der Waals surface area (Å²) in [4.78, 5) is 26.0. The first-order chi connectivity index (χ1) is 30.0. The molecule has 6 atom stereocenters. The molecule has 2 saturated carbocycles. The van der Waals surface area contributed by atoms with Gasteiger partial charge >= 0.3 is 11.9 Å². The van der Waals surface area contributed by atoms with Crippen LogP contribution in [0.3, 0.4) is 0 Å². The number of ether oxygens (including phenoxy) is 4. The molecule has 0 spiro atoms. The fourth-order valence-corrected chi connectivity index (χ4v) is 9.64. The van der Waals surface area contributed by atoms with Crippen LogP contribution < -0.4 is 9.47 Å². The molecule has 2 fully saturated rings. The van der Waals surface area contributed by atoms with Crippen molar-refractivity contribution in [2.75, 3.05) is 13.2 Å². The fourth-order valence-electron chi connectivity index (χ4n) is 9.64. The van der Waals surface area contributed by atoms with E-state index in [9.17, 15) is 9.59 Å². The van der Waals surface area contributed by atoms with E-state index in [1.807, 2.05) is 72.8 Å². The van der Waals surface area contributed by atoms with Gasteiger partial charge in [-0.1, -0.05) is 141 Å². The molecule has 0 radical (unpaired) electrons. The third kappa shape index (κ3) is 14.0. The number of esters is 2. The Morgan fingerprint density at radius 2 is 0.758 bits per heavy atom. The normalized spacial score (nSPS) is 21.4. The molecule has 0 aromatic heterocycles. The van der Waals surface area contributed by atoms with Crippen LogP contribution in [0.5, 0.6) is 11.5 Å². The quantitative estimate of drug-likeness (QED) is 0.0615. The third-order valence-corrected chi connectivity index (χ3v) is 13.6. The second-order valence-electron chi connectivity index (χ2n) is 19.3. The maximum Gasteiger partial charge on any atom is 0.338 e. The van der Waals surface area contributed by atoms with E-state index in [1.54, 1.807) is 0 Å². The lowest BCUT2D eigenvalue weighted by Gasteiger charge is -2.36. The summed E-state index contributed by atoms with van der Waals surface area (Å²) in [6, 6.07) is 32.1. The van der Waals surface area contributed by atoms with E-state index in [1.165, 1.54) is 51.4 Å². The molecule has 2 aliphatic rings. The molecule has 4 aromatic rings. The first-order valence-corrected chi connectivity index (χ1v) is 24.1. The predicted octanol–water partition coefficient (Wildman–Crippen LogP) is 14.8. The Morgan fingerprint density at radius 3 is 1.08 bits per heavy atom. The van der Waals surface area contributed by atoms with Crippen molar-refractivity contribution in [3.63, 3.8) is 0 Å². The molecule has 0 N–H and O–H groups in total. The van der Waals surface area contributed by atoms with Crippen molar-refractivity contribution in [1.29, 1.82) is 0 Å². The molecule has 0 heterocycles. The smallest absolute Gasteiger partial charge is 0.338 e. The Labute approximate surface area is 373 Å². The van der Waals surface area contributed by atoms with Crippen molar-refractivity contribution >= 4 is 11.9 Å². The number of benzene rings is 4. The number of hydrogen-bond acceptors (Lipinski definition) is 6. The van der Waals surface area contributed by atoms with Gasteiger partial charge in [0, 0.05) is 0 Å². The average Bonchev–Trinajstić information content (AvgIpc) is 3.27. The molecular formula is C56H74O6. The highest BCUT2D eigenvalue weighted by molar-refractivity contribution is 5.91. The monoisotopic (exact) mass is 843 g/mol. The SMILES string of the molecule is CC(C)[C@H]1CC[C@H](C)CC1OC(=O)c1ccc(-c2ccc(OCCCCCCCCCCOc3ccc(-c4ccc(C(=O)OC5C[C@@H](C)CC[C@@H]5C(C)C)cc4)cc3)cc2)cc1. The Bertz CT molecular complexity index is 1790. The molecule has 0 bridgehead atoms. The Morgan fingerprint density at radius 1 is 0.452 bits per heavy atom. The summed E-state index contributed by atoms with van der Waals surface area (Å²) in [5.74, 6) is 4.46. The zero-order valence-corrected chi connectivity index (χ0v) is 38.6. The predicted molar refractivity (Wildman–Crippen MR) is 253 cm³/mol. The second kappa shape index (κ2) is 23.7. The molecule has 6 heteroatoms. The fraction of sp³-hybridized carbons (Fsp3) is 0.536. The highest BCUT2D eigenvalue weighted by atomic mass is 16.5. The van der Waals surface area contributed by atoms with E-state index in [4.69, 9.17) is 18.9 Å². The van der Waals surface area contributed by atoms with E-state index in [2.05, 4.69) is 65.8 Å². The summed E-state index contributed by atoms with van der Waals surface area (Å²) in [5, 5.41) is 0. The van der Waals surface area contributed by atoms with E-state index in [0.29, 0.717) is 46.6 Å².